The molecule has 1 N–H and O–H groups in total. The fourth-order valence-corrected chi connectivity index (χ4v) is 4.53. The highest BCUT2D eigenvalue weighted by atomic mass is 19.1. The highest BCUT2D eigenvalue weighted by molar-refractivity contribution is 5.94. The topological polar surface area (TPSA) is 71.5 Å². The standard InChI is InChI=1S/C27H30FN3O3/c1-18(2)17-24(30-26(32)20-7-9-21(28)10-8-20)19-12-15-31(16-13-19)27(33)34-25-11-14-29-23-6-4-3-5-22(23)25/h3-11,14,18-19,24H,12-13,15-17H2,1-2H3,(H,30,32). The van der Waals surface area contributed by atoms with Crippen molar-refractivity contribution >= 4 is 22.9 Å². The Kier molecular flexibility index (Phi) is 7.40. The van der Waals surface area contributed by atoms with Gasteiger partial charge in [0.25, 0.3) is 5.91 Å². The number of piperidine rings is 1. The van der Waals surface area contributed by atoms with Crippen molar-refractivity contribution < 1.29 is 18.7 Å². The molecule has 1 aromatic heterocycles. The van der Waals surface area contributed by atoms with E-state index in [9.17, 15) is 14.0 Å². The maximum atomic E-state index is 13.2. The van der Waals surface area contributed by atoms with E-state index in [4.69, 9.17) is 4.74 Å². The first-order chi connectivity index (χ1) is 16.4. The number of benzene rings is 2. The summed E-state index contributed by atoms with van der Waals surface area (Å²) in [5, 5.41) is 3.95. The number of amides is 2. The summed E-state index contributed by atoms with van der Waals surface area (Å²) in [5.74, 6) is 0.590. The Morgan fingerprint density at radius 1 is 1.09 bits per heavy atom. The minimum Gasteiger partial charge on any atom is -0.409 e. The van der Waals surface area contributed by atoms with Crippen molar-refractivity contribution in [2.75, 3.05) is 13.1 Å². The lowest BCUT2D eigenvalue weighted by Gasteiger charge is -2.36. The molecule has 1 saturated heterocycles. The number of hydrogen-bond acceptors (Lipinski definition) is 4. The Balaban J connectivity index is 1.37. The van der Waals surface area contributed by atoms with E-state index in [-0.39, 0.29) is 29.8 Å². The average Bonchev–Trinajstić information content (AvgIpc) is 2.84. The van der Waals surface area contributed by atoms with Crippen molar-refractivity contribution in [2.24, 2.45) is 11.8 Å². The van der Waals surface area contributed by atoms with Gasteiger partial charge in [-0.2, -0.15) is 0 Å². The third-order valence-corrected chi connectivity index (χ3v) is 6.32. The number of carbonyl (C=O) groups excluding carboxylic acids is 2. The lowest BCUT2D eigenvalue weighted by atomic mass is 9.85. The van der Waals surface area contributed by atoms with Crippen LogP contribution in [0.25, 0.3) is 10.9 Å². The number of ether oxygens (including phenoxy) is 1. The van der Waals surface area contributed by atoms with Crippen LogP contribution in [0.3, 0.4) is 0 Å². The summed E-state index contributed by atoms with van der Waals surface area (Å²) in [7, 11) is 0. The molecule has 6 nitrogen and oxygen atoms in total. The Bertz CT molecular complexity index is 1140. The minimum absolute atomic E-state index is 0.0140. The predicted molar refractivity (Wildman–Crippen MR) is 129 cm³/mol. The molecule has 1 atom stereocenters. The third kappa shape index (κ3) is 5.71. The summed E-state index contributed by atoms with van der Waals surface area (Å²) in [6, 6.07) is 14.8. The average molecular weight is 464 g/mol. The Hall–Kier alpha value is -3.48. The van der Waals surface area contributed by atoms with Crippen LogP contribution in [-0.4, -0.2) is 41.0 Å². The zero-order valence-corrected chi connectivity index (χ0v) is 19.5. The zero-order valence-electron chi connectivity index (χ0n) is 19.5. The maximum Gasteiger partial charge on any atom is 0.415 e. The van der Waals surface area contributed by atoms with Crippen molar-refractivity contribution in [1.82, 2.24) is 15.2 Å². The highest BCUT2D eigenvalue weighted by Gasteiger charge is 2.31. The number of nitrogens with zero attached hydrogens (tertiary/aromatic N) is 2. The van der Waals surface area contributed by atoms with Crippen LogP contribution in [0.15, 0.2) is 60.8 Å². The number of fused-ring (bicyclic) bond motifs is 1. The van der Waals surface area contributed by atoms with Crippen molar-refractivity contribution in [2.45, 2.75) is 39.2 Å². The molecule has 0 bridgehead atoms. The molecule has 1 fully saturated rings. The largest absolute Gasteiger partial charge is 0.415 e. The number of pyridine rings is 1. The number of nitrogens with one attached hydrogen (secondary N) is 1. The molecule has 4 rings (SSSR count). The summed E-state index contributed by atoms with van der Waals surface area (Å²) < 4.78 is 18.9. The second kappa shape index (κ2) is 10.6. The van der Waals surface area contributed by atoms with E-state index in [1.54, 1.807) is 17.2 Å². The van der Waals surface area contributed by atoms with Gasteiger partial charge in [0.2, 0.25) is 0 Å². The summed E-state index contributed by atoms with van der Waals surface area (Å²) in [6.07, 6.45) is 3.65. The van der Waals surface area contributed by atoms with Gasteiger partial charge in [0.15, 0.2) is 0 Å². The highest BCUT2D eigenvalue weighted by Crippen LogP contribution is 2.27. The summed E-state index contributed by atoms with van der Waals surface area (Å²) >= 11 is 0. The van der Waals surface area contributed by atoms with Gasteiger partial charge in [0.1, 0.15) is 11.6 Å². The van der Waals surface area contributed by atoms with E-state index in [1.807, 2.05) is 24.3 Å². The summed E-state index contributed by atoms with van der Waals surface area (Å²) in [6.45, 7) is 5.38. The van der Waals surface area contributed by atoms with E-state index in [0.29, 0.717) is 30.3 Å². The van der Waals surface area contributed by atoms with Gasteiger partial charge in [-0.1, -0.05) is 26.0 Å². The van der Waals surface area contributed by atoms with Crippen LogP contribution in [0.4, 0.5) is 9.18 Å². The van der Waals surface area contributed by atoms with Gasteiger partial charge in [-0.15, -0.1) is 0 Å². The number of rotatable bonds is 6. The SMILES string of the molecule is CC(C)CC(NC(=O)c1ccc(F)cc1)C1CCN(C(=O)Oc2ccnc3ccccc23)CC1. The second-order valence-corrected chi connectivity index (χ2v) is 9.24. The third-order valence-electron chi connectivity index (χ3n) is 6.32. The molecule has 1 aliphatic rings. The van der Waals surface area contributed by atoms with Gasteiger partial charge in [0.05, 0.1) is 5.52 Å². The first kappa shape index (κ1) is 23.7. The molecule has 1 unspecified atom stereocenters. The second-order valence-electron chi connectivity index (χ2n) is 9.24. The fourth-order valence-electron chi connectivity index (χ4n) is 4.53. The molecule has 178 valence electrons. The van der Waals surface area contributed by atoms with Crippen molar-refractivity contribution in [3.63, 3.8) is 0 Å². The van der Waals surface area contributed by atoms with Crippen LogP contribution in [0.2, 0.25) is 0 Å². The quantitative estimate of drug-likeness (QED) is 0.529. The van der Waals surface area contributed by atoms with Gasteiger partial charge < -0.3 is 15.0 Å². The Morgan fingerprint density at radius 3 is 2.50 bits per heavy atom. The lowest BCUT2D eigenvalue weighted by molar-refractivity contribution is 0.0871. The smallest absolute Gasteiger partial charge is 0.409 e. The van der Waals surface area contributed by atoms with E-state index in [1.165, 1.54) is 24.3 Å². The summed E-state index contributed by atoms with van der Waals surface area (Å²) in [5.41, 5.74) is 1.22. The number of likely N-dealkylation sites (tertiary alicyclic amines) is 1. The van der Waals surface area contributed by atoms with Crippen molar-refractivity contribution in [3.05, 3.63) is 72.2 Å². The van der Waals surface area contributed by atoms with Crippen LogP contribution in [0, 0.1) is 17.7 Å². The van der Waals surface area contributed by atoms with Crippen LogP contribution in [0.5, 0.6) is 5.75 Å². The molecule has 1 aliphatic heterocycles. The number of hydrogen-bond donors (Lipinski definition) is 1. The molecule has 0 saturated carbocycles. The molecular weight excluding hydrogens is 433 g/mol. The van der Waals surface area contributed by atoms with Gasteiger partial charge >= 0.3 is 6.09 Å². The molecule has 2 amide bonds. The maximum absolute atomic E-state index is 13.2. The van der Waals surface area contributed by atoms with Crippen LogP contribution in [0.1, 0.15) is 43.5 Å². The Labute approximate surface area is 199 Å². The van der Waals surface area contributed by atoms with Gasteiger partial charge in [-0.25, -0.2) is 9.18 Å². The van der Waals surface area contributed by atoms with Crippen molar-refractivity contribution in [1.29, 1.82) is 0 Å². The molecule has 2 aromatic carbocycles. The predicted octanol–water partition coefficient (Wildman–Crippen LogP) is 5.43. The zero-order chi connectivity index (χ0) is 24.1. The Morgan fingerprint density at radius 2 is 1.79 bits per heavy atom. The van der Waals surface area contributed by atoms with Crippen LogP contribution < -0.4 is 10.1 Å². The number of aromatic nitrogens is 1. The first-order valence-corrected chi connectivity index (χ1v) is 11.8. The van der Waals surface area contributed by atoms with E-state index in [0.717, 1.165) is 30.2 Å². The van der Waals surface area contributed by atoms with E-state index in [2.05, 4.69) is 24.1 Å². The number of halogens is 1. The van der Waals surface area contributed by atoms with Crippen LogP contribution >= 0.6 is 0 Å². The molecule has 3 aromatic rings. The van der Waals surface area contributed by atoms with Crippen LogP contribution in [-0.2, 0) is 0 Å². The molecule has 0 aliphatic carbocycles. The summed E-state index contributed by atoms with van der Waals surface area (Å²) in [4.78, 5) is 31.6. The number of para-hydroxylation sites is 1. The number of carbonyl (C=O) groups is 2. The normalized spacial score (nSPS) is 15.4. The van der Waals surface area contributed by atoms with Gasteiger partial charge in [0, 0.05) is 36.3 Å². The van der Waals surface area contributed by atoms with Crippen molar-refractivity contribution in [3.8, 4) is 5.75 Å². The molecule has 0 spiro atoms. The fraction of sp³-hybridized carbons (Fsp3) is 0.370. The molecule has 34 heavy (non-hydrogen) atoms. The van der Waals surface area contributed by atoms with Gasteiger partial charge in [-0.3, -0.25) is 9.78 Å². The van der Waals surface area contributed by atoms with E-state index >= 15 is 0 Å². The minimum atomic E-state index is -0.370. The van der Waals surface area contributed by atoms with E-state index < -0.39 is 0 Å². The molecule has 2 heterocycles. The monoisotopic (exact) mass is 463 g/mol. The molecular formula is C27H30FN3O3. The first-order valence-electron chi connectivity index (χ1n) is 11.8. The lowest BCUT2D eigenvalue weighted by Crippen LogP contribution is -2.47. The molecule has 0 radical (unpaired) electrons. The molecule has 7 heteroatoms. The van der Waals surface area contributed by atoms with Gasteiger partial charge in [-0.05, 0) is 73.6 Å².